The van der Waals surface area contributed by atoms with E-state index in [2.05, 4.69) is 0 Å². The lowest BCUT2D eigenvalue weighted by Gasteiger charge is -2.32. The fourth-order valence-corrected chi connectivity index (χ4v) is 2.07. The summed E-state index contributed by atoms with van der Waals surface area (Å²) in [7, 11) is 0. The molecule has 0 aliphatic carbocycles. The summed E-state index contributed by atoms with van der Waals surface area (Å²) in [5.74, 6) is -1.10. The molecular formula is C12H16NO6+. The van der Waals surface area contributed by atoms with Gasteiger partial charge in [-0.25, -0.2) is 4.79 Å². The first-order valence-corrected chi connectivity index (χ1v) is 5.89. The van der Waals surface area contributed by atoms with Crippen LogP contribution in [0.4, 0.5) is 0 Å². The van der Waals surface area contributed by atoms with E-state index in [1.807, 2.05) is 0 Å². The van der Waals surface area contributed by atoms with E-state index in [1.165, 1.54) is 29.1 Å². The Labute approximate surface area is 109 Å². The van der Waals surface area contributed by atoms with Gasteiger partial charge >= 0.3 is 5.97 Å². The maximum Gasteiger partial charge on any atom is 0.341 e. The Balaban J connectivity index is 2.28. The van der Waals surface area contributed by atoms with Crippen LogP contribution >= 0.6 is 0 Å². The van der Waals surface area contributed by atoms with Gasteiger partial charge in [0.2, 0.25) is 0 Å². The van der Waals surface area contributed by atoms with Gasteiger partial charge in [0.15, 0.2) is 18.5 Å². The van der Waals surface area contributed by atoms with E-state index >= 15 is 0 Å². The van der Waals surface area contributed by atoms with Gasteiger partial charge in [-0.15, -0.1) is 0 Å². The van der Waals surface area contributed by atoms with Crippen molar-refractivity contribution in [3.63, 3.8) is 0 Å². The molecule has 1 aromatic heterocycles. The molecule has 7 heteroatoms. The van der Waals surface area contributed by atoms with Crippen molar-refractivity contribution in [2.45, 2.75) is 31.0 Å². The van der Waals surface area contributed by atoms with Crippen LogP contribution in [-0.4, -0.2) is 51.3 Å². The standard InChI is InChI=1S/C12H15NO6/c14-6-8-4-9(15)10(16)11(19-8)13-3-1-2-7(5-13)12(17)18/h1-3,5,8-11,14-16H,4,6H2/p+1/t8-,9-,10-,11-/m0/s1. The Hall–Kier alpha value is -1.54. The van der Waals surface area contributed by atoms with Gasteiger partial charge < -0.3 is 25.2 Å². The average Bonchev–Trinajstić information content (AvgIpc) is 2.41. The fraction of sp³-hybridized carbons (Fsp3) is 0.500. The minimum Gasteiger partial charge on any atom is -0.477 e. The van der Waals surface area contributed by atoms with Crippen LogP contribution in [0.15, 0.2) is 24.5 Å². The van der Waals surface area contributed by atoms with Crippen molar-refractivity contribution in [3.8, 4) is 0 Å². The van der Waals surface area contributed by atoms with E-state index < -0.39 is 30.5 Å². The molecule has 0 amide bonds. The first-order valence-electron chi connectivity index (χ1n) is 5.89. The summed E-state index contributed by atoms with van der Waals surface area (Å²) in [5, 5.41) is 37.6. The van der Waals surface area contributed by atoms with Gasteiger partial charge in [0, 0.05) is 12.5 Å². The van der Waals surface area contributed by atoms with E-state index in [1.54, 1.807) is 0 Å². The van der Waals surface area contributed by atoms with Gasteiger partial charge in [0.05, 0.1) is 18.8 Å². The van der Waals surface area contributed by atoms with E-state index in [4.69, 9.17) is 14.9 Å². The maximum atomic E-state index is 10.9. The molecule has 0 aromatic carbocycles. The van der Waals surface area contributed by atoms with Crippen LogP contribution in [0, 0.1) is 0 Å². The summed E-state index contributed by atoms with van der Waals surface area (Å²) in [6, 6.07) is 2.92. The molecule has 4 N–H and O–H groups in total. The largest absolute Gasteiger partial charge is 0.477 e. The Morgan fingerprint density at radius 3 is 2.84 bits per heavy atom. The van der Waals surface area contributed by atoms with Crippen LogP contribution in [0.25, 0.3) is 0 Å². The summed E-state index contributed by atoms with van der Waals surface area (Å²) < 4.78 is 6.82. The Morgan fingerprint density at radius 1 is 1.47 bits per heavy atom. The van der Waals surface area contributed by atoms with Crippen LogP contribution in [0.2, 0.25) is 0 Å². The topological polar surface area (TPSA) is 111 Å². The predicted octanol–water partition coefficient (Wildman–Crippen LogP) is -1.33. The number of aliphatic hydroxyl groups excluding tert-OH is 3. The molecule has 2 rings (SSSR count). The molecule has 0 saturated carbocycles. The zero-order valence-corrected chi connectivity index (χ0v) is 10.1. The van der Waals surface area contributed by atoms with Gasteiger partial charge in [-0.3, -0.25) is 0 Å². The lowest BCUT2D eigenvalue weighted by molar-refractivity contribution is -0.777. The number of aromatic carboxylic acids is 1. The zero-order valence-electron chi connectivity index (χ0n) is 10.1. The molecule has 7 nitrogen and oxygen atoms in total. The maximum absolute atomic E-state index is 10.9. The minimum absolute atomic E-state index is 0.0407. The van der Waals surface area contributed by atoms with E-state index in [9.17, 15) is 15.0 Å². The highest BCUT2D eigenvalue weighted by Crippen LogP contribution is 2.23. The third-order valence-corrected chi connectivity index (χ3v) is 3.09. The first-order chi connectivity index (χ1) is 9.02. The first kappa shape index (κ1) is 13.9. The number of aromatic nitrogens is 1. The monoisotopic (exact) mass is 270 g/mol. The molecule has 1 aliphatic heterocycles. The van der Waals surface area contributed by atoms with Gasteiger partial charge in [-0.1, -0.05) is 0 Å². The van der Waals surface area contributed by atoms with Crippen molar-refractivity contribution in [3.05, 3.63) is 30.1 Å². The van der Waals surface area contributed by atoms with Gasteiger partial charge in [-0.2, -0.15) is 4.57 Å². The third kappa shape index (κ3) is 2.90. The van der Waals surface area contributed by atoms with Crippen molar-refractivity contribution in [1.29, 1.82) is 0 Å². The van der Waals surface area contributed by atoms with E-state index in [-0.39, 0.29) is 18.6 Å². The second-order valence-corrected chi connectivity index (χ2v) is 4.47. The number of nitrogens with zero attached hydrogens (tertiary/aromatic N) is 1. The molecule has 2 heterocycles. The average molecular weight is 270 g/mol. The third-order valence-electron chi connectivity index (χ3n) is 3.09. The van der Waals surface area contributed by atoms with Crippen LogP contribution in [-0.2, 0) is 4.74 Å². The highest BCUT2D eigenvalue weighted by molar-refractivity contribution is 5.86. The number of aliphatic hydroxyl groups is 3. The molecular weight excluding hydrogens is 254 g/mol. The Bertz CT molecular complexity index is 465. The molecule has 1 fully saturated rings. The van der Waals surface area contributed by atoms with Crippen LogP contribution < -0.4 is 4.57 Å². The zero-order chi connectivity index (χ0) is 14.0. The highest BCUT2D eigenvalue weighted by atomic mass is 16.5. The lowest BCUT2D eigenvalue weighted by Crippen LogP contribution is -2.56. The molecule has 104 valence electrons. The summed E-state index contributed by atoms with van der Waals surface area (Å²) >= 11 is 0. The number of hydrogen-bond acceptors (Lipinski definition) is 5. The number of ether oxygens (including phenoxy) is 1. The quantitative estimate of drug-likeness (QED) is 0.507. The summed E-state index contributed by atoms with van der Waals surface area (Å²) in [4.78, 5) is 10.9. The van der Waals surface area contributed by atoms with Crippen molar-refractivity contribution in [2.24, 2.45) is 0 Å². The van der Waals surface area contributed by atoms with Gasteiger partial charge in [-0.05, 0) is 6.07 Å². The van der Waals surface area contributed by atoms with Crippen molar-refractivity contribution in [1.82, 2.24) is 0 Å². The molecule has 0 radical (unpaired) electrons. The van der Waals surface area contributed by atoms with Gasteiger partial charge in [0.25, 0.3) is 6.23 Å². The molecule has 4 atom stereocenters. The molecule has 0 bridgehead atoms. The molecule has 19 heavy (non-hydrogen) atoms. The molecule has 1 aliphatic rings. The Morgan fingerprint density at radius 2 is 2.21 bits per heavy atom. The predicted molar refractivity (Wildman–Crippen MR) is 61.2 cm³/mol. The van der Waals surface area contributed by atoms with Crippen LogP contribution in [0.3, 0.4) is 0 Å². The van der Waals surface area contributed by atoms with Gasteiger partial charge in [0.1, 0.15) is 5.56 Å². The molecule has 1 aromatic rings. The van der Waals surface area contributed by atoms with Crippen LogP contribution in [0.1, 0.15) is 23.0 Å². The number of hydrogen-bond donors (Lipinski definition) is 4. The second-order valence-electron chi connectivity index (χ2n) is 4.47. The highest BCUT2D eigenvalue weighted by Gasteiger charge is 2.42. The number of carboxylic acids is 1. The van der Waals surface area contributed by atoms with Crippen molar-refractivity contribution in [2.75, 3.05) is 6.61 Å². The fourth-order valence-electron chi connectivity index (χ4n) is 2.07. The van der Waals surface area contributed by atoms with E-state index in [0.717, 1.165) is 0 Å². The molecule has 0 spiro atoms. The summed E-state index contributed by atoms with van der Waals surface area (Å²) in [5.41, 5.74) is 0.0407. The van der Waals surface area contributed by atoms with Crippen molar-refractivity contribution >= 4 is 5.97 Å². The molecule has 0 unspecified atom stereocenters. The normalized spacial score (nSPS) is 31.1. The van der Waals surface area contributed by atoms with Crippen molar-refractivity contribution < 1.29 is 34.5 Å². The smallest absolute Gasteiger partial charge is 0.341 e. The lowest BCUT2D eigenvalue weighted by atomic mass is 10.0. The Kier molecular flexibility index (Phi) is 4.11. The SMILES string of the molecule is O=C(O)c1ccc[n+]([C@H]2O[C@H](CO)C[C@H](O)[C@@H]2O)c1. The van der Waals surface area contributed by atoms with E-state index in [0.29, 0.717) is 0 Å². The number of carbonyl (C=O) groups is 1. The summed E-state index contributed by atoms with van der Waals surface area (Å²) in [6.45, 7) is -0.278. The number of pyridine rings is 1. The number of carboxylic acid groups (broad SMARTS) is 1. The molecule has 1 saturated heterocycles. The van der Waals surface area contributed by atoms with Crippen LogP contribution in [0.5, 0.6) is 0 Å². The summed E-state index contributed by atoms with van der Waals surface area (Å²) in [6.07, 6.45) is -0.763. The minimum atomic E-state index is -1.18. The second kappa shape index (κ2) is 5.62. The number of rotatable bonds is 3.